The minimum absolute atomic E-state index is 0.00929. The number of carbonyl (C=O) groups is 2. The van der Waals surface area contributed by atoms with Crippen molar-refractivity contribution in [3.8, 4) is 5.75 Å². The summed E-state index contributed by atoms with van der Waals surface area (Å²) in [4.78, 5) is 47.5. The fourth-order valence-electron chi connectivity index (χ4n) is 5.67. The summed E-state index contributed by atoms with van der Waals surface area (Å²) in [5, 5.41) is 0.689. The number of nitrogens with zero attached hydrogens (tertiary/aromatic N) is 4. The third-order valence-corrected chi connectivity index (χ3v) is 10.7. The molecule has 6 rings (SSSR count). The quantitative estimate of drug-likeness (QED) is 0.204. The number of pyridine rings is 1. The van der Waals surface area contributed by atoms with Crippen molar-refractivity contribution in [3.63, 3.8) is 0 Å². The van der Waals surface area contributed by atoms with Crippen LogP contribution in [0.2, 0.25) is 10.0 Å². The van der Waals surface area contributed by atoms with Crippen molar-refractivity contribution in [2.24, 2.45) is 0 Å². The molecule has 14 heteroatoms. The van der Waals surface area contributed by atoms with Crippen LogP contribution >= 0.6 is 23.2 Å². The largest absolute Gasteiger partial charge is 0.481 e. The first-order chi connectivity index (χ1) is 22.6. The van der Waals surface area contributed by atoms with Crippen molar-refractivity contribution >= 4 is 61.8 Å². The van der Waals surface area contributed by atoms with Gasteiger partial charge in [0.25, 0.3) is 0 Å². The zero-order chi connectivity index (χ0) is 33.1. The number of aromatic nitrogens is 2. The Bertz CT molecular complexity index is 2000. The van der Waals surface area contributed by atoms with Crippen molar-refractivity contribution in [1.82, 2.24) is 9.38 Å². The van der Waals surface area contributed by atoms with Crippen LogP contribution < -0.4 is 19.5 Å². The van der Waals surface area contributed by atoms with Gasteiger partial charge in [-0.1, -0.05) is 59.6 Å². The molecule has 0 radical (unpaired) electrons. The van der Waals surface area contributed by atoms with Gasteiger partial charge in [-0.25, -0.2) is 13.4 Å². The highest BCUT2D eigenvalue weighted by atomic mass is 35.5. The van der Waals surface area contributed by atoms with E-state index >= 15 is 0 Å². The monoisotopic (exact) mass is 698 g/mol. The van der Waals surface area contributed by atoms with E-state index in [4.69, 9.17) is 32.7 Å². The molecule has 11 nitrogen and oxygen atoms in total. The number of morpholine rings is 1. The maximum atomic E-state index is 14.2. The van der Waals surface area contributed by atoms with Crippen LogP contribution in [0, 0.1) is 0 Å². The molecule has 2 aliphatic heterocycles. The van der Waals surface area contributed by atoms with Crippen LogP contribution in [0.3, 0.4) is 0 Å². The van der Waals surface area contributed by atoms with Crippen LogP contribution in [0.4, 0.5) is 11.4 Å². The molecular weight excluding hydrogens is 667 g/mol. The highest BCUT2D eigenvalue weighted by Gasteiger charge is 2.33. The van der Waals surface area contributed by atoms with Gasteiger partial charge in [0.1, 0.15) is 12.4 Å². The van der Waals surface area contributed by atoms with E-state index in [-0.39, 0.29) is 66.7 Å². The lowest BCUT2D eigenvalue weighted by Crippen LogP contribution is -2.37. The molecule has 4 aromatic rings. The molecule has 2 aliphatic rings. The zero-order valence-corrected chi connectivity index (χ0v) is 27.7. The van der Waals surface area contributed by atoms with Crippen LogP contribution in [0.1, 0.15) is 40.9 Å². The summed E-state index contributed by atoms with van der Waals surface area (Å²) >= 11 is 12.1. The SMILES string of the molecule is O=C(CCC(=O)c1nc2c(N3CCCS3(=O)=O)cc(N3CCOCC3)cn2c(=O)c1OCc1ccccc1)Cc1ccc(Cl)c(Cl)c1. The molecule has 0 N–H and O–H groups in total. The summed E-state index contributed by atoms with van der Waals surface area (Å²) in [6.45, 7) is 2.24. The molecule has 47 heavy (non-hydrogen) atoms. The highest BCUT2D eigenvalue weighted by Crippen LogP contribution is 2.33. The smallest absolute Gasteiger partial charge is 0.301 e. The molecule has 0 spiro atoms. The number of Topliss-reactive ketones (excluding diaryl/α,β-unsaturated/α-hetero) is 2. The number of halogens is 2. The lowest BCUT2D eigenvalue weighted by molar-refractivity contribution is -0.118. The molecule has 2 fully saturated rings. The fraction of sp³-hybridized carbons (Fsp3) is 0.333. The third kappa shape index (κ3) is 7.30. The Labute approximate surface area is 281 Å². The van der Waals surface area contributed by atoms with Gasteiger partial charge in [0.2, 0.25) is 15.8 Å². The van der Waals surface area contributed by atoms with Crippen LogP contribution in [0.5, 0.6) is 5.75 Å². The third-order valence-electron chi connectivity index (χ3n) is 8.10. The number of ether oxygens (including phenoxy) is 2. The summed E-state index contributed by atoms with van der Waals surface area (Å²) in [6.07, 6.45) is 1.67. The van der Waals surface area contributed by atoms with Crippen LogP contribution in [0.15, 0.2) is 65.6 Å². The number of fused-ring (bicyclic) bond motifs is 1. The fourth-order valence-corrected chi connectivity index (χ4v) is 7.54. The van der Waals surface area contributed by atoms with Gasteiger partial charge >= 0.3 is 5.56 Å². The van der Waals surface area contributed by atoms with Crippen LogP contribution in [-0.4, -0.2) is 68.0 Å². The van der Waals surface area contributed by atoms with Gasteiger partial charge in [-0.05, 0) is 35.7 Å². The molecule has 246 valence electrons. The van der Waals surface area contributed by atoms with Crippen molar-refractivity contribution < 1.29 is 27.5 Å². The summed E-state index contributed by atoms with van der Waals surface area (Å²) in [5.41, 5.74) is 1.31. The molecule has 2 aromatic carbocycles. The number of carbonyl (C=O) groups excluding carboxylic acids is 2. The average Bonchev–Trinajstić information content (AvgIpc) is 3.43. The van der Waals surface area contributed by atoms with Crippen LogP contribution in [-0.2, 0) is 32.6 Å². The maximum Gasteiger partial charge on any atom is 0.301 e. The molecule has 0 aliphatic carbocycles. The molecule has 2 aromatic heterocycles. The number of benzene rings is 2. The first-order valence-corrected chi connectivity index (χ1v) is 17.6. The molecule has 4 heterocycles. The van der Waals surface area contributed by atoms with E-state index in [9.17, 15) is 22.8 Å². The van der Waals surface area contributed by atoms with E-state index in [1.165, 1.54) is 8.71 Å². The minimum atomic E-state index is -3.68. The molecule has 0 bridgehead atoms. The first kappa shape index (κ1) is 33.0. The maximum absolute atomic E-state index is 14.2. The number of anilines is 2. The number of rotatable bonds is 11. The average molecular weight is 700 g/mol. The molecule has 0 unspecified atom stereocenters. The van der Waals surface area contributed by atoms with Crippen molar-refractivity contribution in [3.05, 3.63) is 98.0 Å². The Morgan fingerprint density at radius 2 is 1.70 bits per heavy atom. The Balaban J connectivity index is 1.40. The normalized spacial score (nSPS) is 16.0. The topological polar surface area (TPSA) is 128 Å². The Hall–Kier alpha value is -3.97. The van der Waals surface area contributed by atoms with Gasteiger partial charge < -0.3 is 14.4 Å². The lowest BCUT2D eigenvalue weighted by Gasteiger charge is -2.30. The Kier molecular flexibility index (Phi) is 9.83. The number of sulfonamides is 1. The Morgan fingerprint density at radius 3 is 2.40 bits per heavy atom. The van der Waals surface area contributed by atoms with Crippen molar-refractivity contribution in [1.29, 1.82) is 0 Å². The van der Waals surface area contributed by atoms with E-state index in [1.807, 2.05) is 35.2 Å². The predicted molar refractivity (Wildman–Crippen MR) is 180 cm³/mol. The standard InChI is InChI=1S/C33H32Cl2N4O7S/c34-26-9-7-23(18-27(26)35)17-25(40)8-10-29(41)30-31(46-21-22-5-2-1-3-6-22)33(42)38-20-24(37-12-14-45-15-13-37)19-28(32(38)36-30)39-11-4-16-47(39,43)44/h1-3,5-7,9,18-20H,4,8,10-17,21H2. The van der Waals surface area contributed by atoms with E-state index in [0.29, 0.717) is 54.0 Å². The molecule has 0 amide bonds. The number of hydrogen-bond donors (Lipinski definition) is 0. The summed E-state index contributed by atoms with van der Waals surface area (Å²) in [6, 6.07) is 15.7. The van der Waals surface area contributed by atoms with Crippen molar-refractivity contribution in [2.45, 2.75) is 32.3 Å². The van der Waals surface area contributed by atoms with E-state index in [0.717, 1.165) is 5.56 Å². The summed E-state index contributed by atoms with van der Waals surface area (Å²) in [7, 11) is -3.68. The lowest BCUT2D eigenvalue weighted by atomic mass is 10.0. The highest BCUT2D eigenvalue weighted by molar-refractivity contribution is 7.93. The molecule has 0 saturated carbocycles. The Morgan fingerprint density at radius 1 is 0.936 bits per heavy atom. The van der Waals surface area contributed by atoms with Gasteiger partial charge in [-0.15, -0.1) is 0 Å². The zero-order valence-electron chi connectivity index (χ0n) is 25.4. The minimum Gasteiger partial charge on any atom is -0.481 e. The second-order valence-electron chi connectivity index (χ2n) is 11.4. The second-order valence-corrected chi connectivity index (χ2v) is 14.2. The first-order valence-electron chi connectivity index (χ1n) is 15.2. The van der Waals surface area contributed by atoms with Gasteiger partial charge in [0.05, 0.1) is 40.4 Å². The molecular formula is C33H32Cl2N4O7S. The molecule has 2 saturated heterocycles. The van der Waals surface area contributed by atoms with Crippen LogP contribution in [0.25, 0.3) is 5.65 Å². The van der Waals surface area contributed by atoms with E-state index < -0.39 is 21.4 Å². The van der Waals surface area contributed by atoms with Gasteiger partial charge in [0, 0.05) is 45.1 Å². The van der Waals surface area contributed by atoms with Gasteiger partial charge in [-0.2, -0.15) is 0 Å². The number of hydrogen-bond acceptors (Lipinski definition) is 9. The van der Waals surface area contributed by atoms with Gasteiger partial charge in [-0.3, -0.25) is 23.1 Å². The molecule has 0 atom stereocenters. The van der Waals surface area contributed by atoms with E-state index in [1.54, 1.807) is 30.5 Å². The summed E-state index contributed by atoms with van der Waals surface area (Å²) in [5.74, 6) is -1.12. The van der Waals surface area contributed by atoms with Crippen molar-refractivity contribution in [2.75, 3.05) is 47.8 Å². The van der Waals surface area contributed by atoms with E-state index in [2.05, 4.69) is 4.98 Å². The number of ketones is 2. The van der Waals surface area contributed by atoms with Gasteiger partial charge in [0.15, 0.2) is 17.1 Å². The second kappa shape index (κ2) is 14.0. The predicted octanol–water partition coefficient (Wildman–Crippen LogP) is 4.73. The summed E-state index contributed by atoms with van der Waals surface area (Å²) < 4.78 is 40.2.